The summed E-state index contributed by atoms with van der Waals surface area (Å²) in [7, 11) is 0. The van der Waals surface area contributed by atoms with Crippen LogP contribution >= 0.6 is 11.8 Å². The summed E-state index contributed by atoms with van der Waals surface area (Å²) in [6.07, 6.45) is 2.06. The molecule has 27 heavy (non-hydrogen) atoms. The van der Waals surface area contributed by atoms with Crippen LogP contribution in [-0.4, -0.2) is 75.6 Å². The topological polar surface area (TPSA) is 78.0 Å². The zero-order valence-electron chi connectivity index (χ0n) is 14.9. The van der Waals surface area contributed by atoms with Crippen molar-refractivity contribution in [2.45, 2.75) is 25.3 Å². The average Bonchev–Trinajstić information content (AvgIpc) is 3.42. The number of imide groups is 1. The number of benzene rings is 1. The molecule has 3 aliphatic heterocycles. The maximum Gasteiger partial charge on any atom is 0.261 e. The Hall–Kier alpha value is -2.35. The molecular formula is C19H21N3O4S. The predicted octanol–water partition coefficient (Wildman–Crippen LogP) is 1.20. The van der Waals surface area contributed by atoms with Gasteiger partial charge in [-0.05, 0) is 25.0 Å². The monoisotopic (exact) mass is 387 g/mol. The molecule has 1 unspecified atom stereocenters. The van der Waals surface area contributed by atoms with Gasteiger partial charge in [-0.15, -0.1) is 11.8 Å². The van der Waals surface area contributed by atoms with Crippen LogP contribution in [0.3, 0.4) is 0 Å². The van der Waals surface area contributed by atoms with Crippen molar-refractivity contribution in [1.82, 2.24) is 14.7 Å². The summed E-state index contributed by atoms with van der Waals surface area (Å²) in [5.41, 5.74) is 0.766. The van der Waals surface area contributed by atoms with Gasteiger partial charge < -0.3 is 9.80 Å². The maximum atomic E-state index is 12.7. The summed E-state index contributed by atoms with van der Waals surface area (Å²) in [6.45, 7) is 1.56. The van der Waals surface area contributed by atoms with Crippen LogP contribution in [0.1, 0.15) is 40.0 Å². The number of amides is 4. The molecule has 142 valence electrons. The lowest BCUT2D eigenvalue weighted by Crippen LogP contribution is -2.48. The molecule has 4 amide bonds. The van der Waals surface area contributed by atoms with Crippen LogP contribution < -0.4 is 0 Å². The fourth-order valence-electron chi connectivity index (χ4n) is 3.83. The van der Waals surface area contributed by atoms with Crippen LogP contribution in [0, 0.1) is 0 Å². The lowest BCUT2D eigenvalue weighted by atomic mass is 10.1. The molecule has 7 nitrogen and oxygen atoms in total. The Bertz CT molecular complexity index is 771. The molecular weight excluding hydrogens is 366 g/mol. The molecule has 0 saturated carbocycles. The second-order valence-electron chi connectivity index (χ2n) is 6.97. The standard InChI is InChI=1S/C19H21N3O4S/c23-16(22-12-27-11-15(22)19(26)20-8-3-4-9-20)7-10-21-17(24)13-5-1-2-6-14(13)18(21)25/h1-2,5-6,15H,3-4,7-12H2. The molecule has 3 heterocycles. The quantitative estimate of drug-likeness (QED) is 0.726. The highest BCUT2D eigenvalue weighted by Crippen LogP contribution is 2.26. The van der Waals surface area contributed by atoms with Crippen molar-refractivity contribution >= 4 is 35.4 Å². The smallest absolute Gasteiger partial charge is 0.261 e. The van der Waals surface area contributed by atoms with Gasteiger partial charge in [0.2, 0.25) is 11.8 Å². The number of fused-ring (bicyclic) bond motifs is 1. The van der Waals surface area contributed by atoms with Crippen molar-refractivity contribution in [3.8, 4) is 0 Å². The minimum absolute atomic E-state index is 0.0200. The normalized spacial score (nSPS) is 21.9. The zero-order valence-corrected chi connectivity index (χ0v) is 15.7. The summed E-state index contributed by atoms with van der Waals surface area (Å²) in [5.74, 6) is 0.202. The van der Waals surface area contributed by atoms with E-state index in [1.165, 1.54) is 0 Å². The van der Waals surface area contributed by atoms with E-state index in [1.54, 1.807) is 40.9 Å². The van der Waals surface area contributed by atoms with Crippen molar-refractivity contribution in [2.75, 3.05) is 31.3 Å². The third-order valence-corrected chi connectivity index (χ3v) is 6.35. The predicted molar refractivity (Wildman–Crippen MR) is 100 cm³/mol. The van der Waals surface area contributed by atoms with E-state index in [1.807, 2.05) is 4.90 Å². The minimum atomic E-state index is -0.428. The van der Waals surface area contributed by atoms with E-state index in [0.717, 1.165) is 30.8 Å². The van der Waals surface area contributed by atoms with Crippen molar-refractivity contribution in [3.63, 3.8) is 0 Å². The molecule has 0 aliphatic carbocycles. The number of carbonyl (C=O) groups excluding carboxylic acids is 4. The van der Waals surface area contributed by atoms with Crippen LogP contribution in [0.2, 0.25) is 0 Å². The minimum Gasteiger partial charge on any atom is -0.341 e. The fraction of sp³-hybridized carbons (Fsp3) is 0.474. The van der Waals surface area contributed by atoms with Gasteiger partial charge in [-0.2, -0.15) is 0 Å². The Morgan fingerprint density at radius 1 is 1.04 bits per heavy atom. The van der Waals surface area contributed by atoms with Gasteiger partial charge in [0, 0.05) is 31.8 Å². The first-order valence-electron chi connectivity index (χ1n) is 9.19. The molecule has 1 aromatic rings. The lowest BCUT2D eigenvalue weighted by molar-refractivity contribution is -0.142. The van der Waals surface area contributed by atoms with Gasteiger partial charge in [0.15, 0.2) is 0 Å². The molecule has 1 aromatic carbocycles. The Morgan fingerprint density at radius 3 is 2.30 bits per heavy atom. The highest BCUT2D eigenvalue weighted by molar-refractivity contribution is 7.99. The van der Waals surface area contributed by atoms with Crippen molar-refractivity contribution in [1.29, 1.82) is 0 Å². The highest BCUT2D eigenvalue weighted by Gasteiger charge is 2.39. The third-order valence-electron chi connectivity index (χ3n) is 5.33. The number of likely N-dealkylation sites (tertiary alicyclic amines) is 1. The van der Waals surface area contributed by atoms with Crippen molar-refractivity contribution < 1.29 is 19.2 Å². The van der Waals surface area contributed by atoms with E-state index in [2.05, 4.69) is 0 Å². The molecule has 1 atom stereocenters. The van der Waals surface area contributed by atoms with E-state index in [-0.39, 0.29) is 36.6 Å². The molecule has 2 saturated heterocycles. The first kappa shape index (κ1) is 18.0. The lowest BCUT2D eigenvalue weighted by Gasteiger charge is -2.27. The number of hydrogen-bond acceptors (Lipinski definition) is 5. The van der Waals surface area contributed by atoms with E-state index >= 15 is 0 Å². The number of rotatable bonds is 4. The van der Waals surface area contributed by atoms with Crippen molar-refractivity contribution in [2.24, 2.45) is 0 Å². The number of thioether (sulfide) groups is 1. The molecule has 4 rings (SSSR count). The zero-order chi connectivity index (χ0) is 19.0. The van der Waals surface area contributed by atoms with Crippen LogP contribution in [0.15, 0.2) is 24.3 Å². The van der Waals surface area contributed by atoms with Gasteiger partial charge in [-0.3, -0.25) is 24.1 Å². The van der Waals surface area contributed by atoms with Crippen LogP contribution in [0.25, 0.3) is 0 Å². The SMILES string of the molecule is O=C(C1CSCN1C(=O)CCN1C(=O)c2ccccc2C1=O)N1CCCC1. The largest absolute Gasteiger partial charge is 0.341 e. The van der Waals surface area contributed by atoms with E-state index < -0.39 is 6.04 Å². The Morgan fingerprint density at radius 2 is 1.67 bits per heavy atom. The molecule has 0 aromatic heterocycles. The Labute approximate surface area is 161 Å². The summed E-state index contributed by atoms with van der Waals surface area (Å²) >= 11 is 1.56. The van der Waals surface area contributed by atoms with E-state index in [4.69, 9.17) is 0 Å². The summed E-state index contributed by atoms with van der Waals surface area (Å²) in [5, 5.41) is 0. The second-order valence-corrected chi connectivity index (χ2v) is 7.97. The van der Waals surface area contributed by atoms with Crippen LogP contribution in [-0.2, 0) is 9.59 Å². The van der Waals surface area contributed by atoms with Gasteiger partial charge in [0.05, 0.1) is 17.0 Å². The molecule has 0 spiro atoms. The van der Waals surface area contributed by atoms with Crippen LogP contribution in [0.4, 0.5) is 0 Å². The second kappa shape index (κ2) is 7.34. The molecule has 0 N–H and O–H groups in total. The van der Waals surface area contributed by atoms with Gasteiger partial charge in [-0.1, -0.05) is 12.1 Å². The van der Waals surface area contributed by atoms with E-state index in [9.17, 15) is 19.2 Å². The van der Waals surface area contributed by atoms with E-state index in [0.29, 0.717) is 22.8 Å². The number of nitrogens with zero attached hydrogens (tertiary/aromatic N) is 3. The third kappa shape index (κ3) is 3.22. The molecule has 8 heteroatoms. The summed E-state index contributed by atoms with van der Waals surface area (Å²) in [4.78, 5) is 54.8. The average molecular weight is 387 g/mol. The Balaban J connectivity index is 1.39. The van der Waals surface area contributed by atoms with Gasteiger partial charge in [-0.25, -0.2) is 0 Å². The highest BCUT2D eigenvalue weighted by atomic mass is 32.2. The Kier molecular flexibility index (Phi) is 4.90. The molecule has 0 bridgehead atoms. The van der Waals surface area contributed by atoms with Gasteiger partial charge in [0.1, 0.15) is 6.04 Å². The first-order chi connectivity index (χ1) is 13.1. The first-order valence-corrected chi connectivity index (χ1v) is 10.3. The number of hydrogen-bond donors (Lipinski definition) is 0. The molecule has 2 fully saturated rings. The van der Waals surface area contributed by atoms with Crippen LogP contribution in [0.5, 0.6) is 0 Å². The number of carbonyl (C=O) groups is 4. The van der Waals surface area contributed by atoms with Gasteiger partial charge >= 0.3 is 0 Å². The van der Waals surface area contributed by atoms with Gasteiger partial charge in [0.25, 0.3) is 11.8 Å². The van der Waals surface area contributed by atoms with Crippen molar-refractivity contribution in [3.05, 3.63) is 35.4 Å². The summed E-state index contributed by atoms with van der Waals surface area (Å²) in [6, 6.07) is 6.25. The fourth-order valence-corrected chi connectivity index (χ4v) is 5.01. The molecule has 0 radical (unpaired) electrons. The maximum absolute atomic E-state index is 12.7. The summed E-state index contributed by atoms with van der Waals surface area (Å²) < 4.78 is 0. The molecule has 3 aliphatic rings.